The highest BCUT2D eigenvalue weighted by Gasteiger charge is 2.22. The first-order valence-electron chi connectivity index (χ1n) is 3.46. The maximum absolute atomic E-state index is 4.25. The maximum atomic E-state index is 4.25. The Kier molecular flexibility index (Phi) is 1.24. The van der Waals surface area contributed by atoms with Gasteiger partial charge >= 0.3 is 0 Å². The molecule has 2 heterocycles. The van der Waals surface area contributed by atoms with E-state index in [4.69, 9.17) is 0 Å². The van der Waals surface area contributed by atoms with E-state index in [2.05, 4.69) is 15.2 Å². The van der Waals surface area contributed by atoms with Gasteiger partial charge in [0.1, 0.15) is 0 Å². The average Bonchev–Trinajstić information content (AvgIpc) is 2.33. The van der Waals surface area contributed by atoms with Crippen molar-refractivity contribution in [3.05, 3.63) is 0 Å². The molecule has 1 atom stereocenters. The second-order valence-corrected chi connectivity index (χ2v) is 2.51. The third kappa shape index (κ3) is 0.862. The molecule has 1 N–H and O–H groups in total. The van der Waals surface area contributed by atoms with E-state index in [1.165, 1.54) is 13.0 Å². The molecule has 1 fully saturated rings. The molecule has 2 aliphatic heterocycles. The zero-order valence-electron chi connectivity index (χ0n) is 5.38. The molecule has 0 bridgehead atoms. The van der Waals surface area contributed by atoms with Gasteiger partial charge < -0.3 is 0 Å². The van der Waals surface area contributed by atoms with Crippen molar-refractivity contribution in [2.75, 3.05) is 19.6 Å². The van der Waals surface area contributed by atoms with Crippen LogP contribution in [0.15, 0.2) is 4.99 Å². The number of rotatable bonds is 0. The largest absolute Gasteiger partial charge is 0.283 e. The molecule has 1 unspecified atom stereocenters. The van der Waals surface area contributed by atoms with Crippen LogP contribution in [0.1, 0.15) is 6.42 Å². The van der Waals surface area contributed by atoms with Crippen LogP contribution < -0.4 is 5.32 Å². The second-order valence-electron chi connectivity index (χ2n) is 2.51. The fourth-order valence-corrected chi connectivity index (χ4v) is 1.35. The Labute approximate surface area is 54.8 Å². The van der Waals surface area contributed by atoms with Crippen LogP contribution in [0.2, 0.25) is 0 Å². The molecule has 0 radical (unpaired) electrons. The Morgan fingerprint density at radius 1 is 1.67 bits per heavy atom. The third-order valence-corrected chi connectivity index (χ3v) is 1.86. The lowest BCUT2D eigenvalue weighted by Gasteiger charge is -2.28. The lowest BCUT2D eigenvalue weighted by atomic mass is 10.3. The van der Waals surface area contributed by atoms with Crippen LogP contribution in [-0.4, -0.2) is 37.0 Å². The molecule has 0 aromatic heterocycles. The first-order valence-corrected chi connectivity index (χ1v) is 3.46. The van der Waals surface area contributed by atoms with E-state index in [-0.39, 0.29) is 0 Å². The first-order chi connectivity index (χ1) is 4.47. The summed E-state index contributed by atoms with van der Waals surface area (Å²) in [6.45, 7) is 3.37. The van der Waals surface area contributed by atoms with Gasteiger partial charge in [0.25, 0.3) is 0 Å². The minimum atomic E-state index is 0.318. The molecule has 1 saturated heterocycles. The summed E-state index contributed by atoms with van der Waals surface area (Å²) < 4.78 is 0. The van der Waals surface area contributed by atoms with Gasteiger partial charge in [0.2, 0.25) is 0 Å². The normalized spacial score (nSPS) is 34.9. The van der Waals surface area contributed by atoms with Crippen molar-refractivity contribution >= 4 is 6.21 Å². The number of hydrogen-bond donors (Lipinski definition) is 1. The third-order valence-electron chi connectivity index (χ3n) is 1.86. The maximum Gasteiger partial charge on any atom is 0.156 e. The van der Waals surface area contributed by atoms with E-state index in [9.17, 15) is 0 Å². The Morgan fingerprint density at radius 2 is 2.67 bits per heavy atom. The lowest BCUT2D eigenvalue weighted by Crippen LogP contribution is -2.47. The van der Waals surface area contributed by atoms with Crippen LogP contribution in [0.3, 0.4) is 0 Å². The molecule has 2 aliphatic rings. The topological polar surface area (TPSA) is 27.6 Å². The number of nitrogens with one attached hydrogen (secondary N) is 1. The lowest BCUT2D eigenvalue weighted by molar-refractivity contribution is 0.176. The minimum Gasteiger partial charge on any atom is -0.283 e. The monoisotopic (exact) mass is 125 g/mol. The molecule has 9 heavy (non-hydrogen) atoms. The summed E-state index contributed by atoms with van der Waals surface area (Å²) in [6.07, 6.45) is 3.57. The van der Waals surface area contributed by atoms with E-state index < -0.39 is 0 Å². The molecule has 0 amide bonds. The van der Waals surface area contributed by atoms with Crippen LogP contribution in [0, 0.1) is 0 Å². The number of nitrogens with zero attached hydrogens (tertiary/aromatic N) is 2. The van der Waals surface area contributed by atoms with Crippen LogP contribution in [0.25, 0.3) is 0 Å². The molecule has 50 valence electrons. The van der Waals surface area contributed by atoms with E-state index in [0.29, 0.717) is 6.29 Å². The Hall–Kier alpha value is -0.410. The predicted molar refractivity (Wildman–Crippen MR) is 36.5 cm³/mol. The van der Waals surface area contributed by atoms with Crippen molar-refractivity contribution < 1.29 is 0 Å². The molecule has 3 heteroatoms. The fraction of sp³-hybridized carbons (Fsp3) is 0.833. The number of hydrogen-bond acceptors (Lipinski definition) is 3. The summed E-state index contributed by atoms with van der Waals surface area (Å²) in [6, 6.07) is 0. The van der Waals surface area contributed by atoms with Crippen LogP contribution in [0.5, 0.6) is 0 Å². The van der Waals surface area contributed by atoms with Gasteiger partial charge in [0, 0.05) is 19.3 Å². The molecule has 0 saturated carbocycles. The van der Waals surface area contributed by atoms with Gasteiger partial charge in [-0.25, -0.2) is 0 Å². The Balaban J connectivity index is 2.03. The fourth-order valence-electron chi connectivity index (χ4n) is 1.35. The van der Waals surface area contributed by atoms with Gasteiger partial charge in [-0.2, -0.15) is 0 Å². The van der Waals surface area contributed by atoms with Crippen molar-refractivity contribution in [3.63, 3.8) is 0 Å². The average molecular weight is 125 g/mol. The standard InChI is InChI=1S/C6H11N3/c1-2-7-6-8-3-5-9(6)4-1/h3,6-7H,1-2,4-5H2. The van der Waals surface area contributed by atoms with Gasteiger partial charge in [0.15, 0.2) is 6.29 Å². The van der Waals surface area contributed by atoms with E-state index in [1.54, 1.807) is 0 Å². The smallest absolute Gasteiger partial charge is 0.156 e. The van der Waals surface area contributed by atoms with Crippen LogP contribution in [-0.2, 0) is 0 Å². The Morgan fingerprint density at radius 3 is 3.56 bits per heavy atom. The zero-order chi connectivity index (χ0) is 6.10. The van der Waals surface area contributed by atoms with Crippen molar-refractivity contribution in [3.8, 4) is 0 Å². The molecule has 2 rings (SSSR count). The first kappa shape index (κ1) is 5.38. The van der Waals surface area contributed by atoms with E-state index in [1.807, 2.05) is 6.21 Å². The highest BCUT2D eigenvalue weighted by Crippen LogP contribution is 2.07. The summed E-state index contributed by atoms with van der Waals surface area (Å²) in [5, 5.41) is 3.31. The van der Waals surface area contributed by atoms with Crippen molar-refractivity contribution in [2.24, 2.45) is 4.99 Å². The van der Waals surface area contributed by atoms with Gasteiger partial charge in [0.05, 0.1) is 0 Å². The highest BCUT2D eigenvalue weighted by molar-refractivity contribution is 5.62. The van der Waals surface area contributed by atoms with Crippen LogP contribution >= 0.6 is 0 Å². The highest BCUT2D eigenvalue weighted by atomic mass is 15.4. The second kappa shape index (κ2) is 2.08. The summed E-state index contributed by atoms with van der Waals surface area (Å²) in [5.41, 5.74) is 0. The molecular weight excluding hydrogens is 114 g/mol. The van der Waals surface area contributed by atoms with E-state index >= 15 is 0 Å². The molecule has 0 aromatic carbocycles. The molecule has 0 aromatic rings. The number of fused-ring (bicyclic) bond motifs is 1. The quantitative estimate of drug-likeness (QED) is 0.479. The molecule has 0 spiro atoms. The molecular formula is C6H11N3. The SMILES string of the molecule is C1=NC2NCCCN2C1. The molecule has 3 nitrogen and oxygen atoms in total. The van der Waals surface area contributed by atoms with Gasteiger partial charge in [-0.3, -0.25) is 15.2 Å². The number of aliphatic imine (C=N–C) groups is 1. The van der Waals surface area contributed by atoms with Gasteiger partial charge in [-0.15, -0.1) is 0 Å². The van der Waals surface area contributed by atoms with Crippen molar-refractivity contribution in [1.82, 2.24) is 10.2 Å². The summed E-state index contributed by atoms with van der Waals surface area (Å²) in [4.78, 5) is 6.58. The summed E-state index contributed by atoms with van der Waals surface area (Å²) in [5.74, 6) is 0. The van der Waals surface area contributed by atoms with Crippen LogP contribution in [0.4, 0.5) is 0 Å². The molecule has 0 aliphatic carbocycles. The van der Waals surface area contributed by atoms with E-state index in [0.717, 1.165) is 13.1 Å². The van der Waals surface area contributed by atoms with Gasteiger partial charge in [-0.05, 0) is 13.0 Å². The minimum absolute atomic E-state index is 0.318. The Bertz CT molecular complexity index is 132. The summed E-state index contributed by atoms with van der Waals surface area (Å²) in [7, 11) is 0. The van der Waals surface area contributed by atoms with Gasteiger partial charge in [-0.1, -0.05) is 0 Å². The summed E-state index contributed by atoms with van der Waals surface area (Å²) >= 11 is 0. The van der Waals surface area contributed by atoms with Crippen molar-refractivity contribution in [1.29, 1.82) is 0 Å². The predicted octanol–water partition coefficient (Wildman–Crippen LogP) is -0.350. The van der Waals surface area contributed by atoms with Crippen molar-refractivity contribution in [2.45, 2.75) is 12.7 Å². The zero-order valence-corrected chi connectivity index (χ0v) is 5.38.